The van der Waals surface area contributed by atoms with E-state index < -0.39 is 5.97 Å². The third-order valence-corrected chi connectivity index (χ3v) is 2.12. The van der Waals surface area contributed by atoms with Gasteiger partial charge in [-0.2, -0.15) is 0 Å². The van der Waals surface area contributed by atoms with E-state index in [1.54, 1.807) is 19.1 Å². The van der Waals surface area contributed by atoms with Crippen molar-refractivity contribution >= 4 is 5.97 Å². The normalized spacial score (nSPS) is 11.2. The first-order valence-corrected chi connectivity index (χ1v) is 5.59. The van der Waals surface area contributed by atoms with Crippen LogP contribution in [0.2, 0.25) is 0 Å². The molecule has 0 saturated carbocycles. The molecule has 0 spiro atoms. The van der Waals surface area contributed by atoms with Crippen molar-refractivity contribution in [2.45, 2.75) is 32.8 Å². The van der Waals surface area contributed by atoms with Crippen LogP contribution in [0.4, 0.5) is 0 Å². The SMILES string of the molecule is CCC#CCC(C)OC(=O)c1ccccc1O. The highest BCUT2D eigenvalue weighted by molar-refractivity contribution is 5.92. The third-order valence-electron chi connectivity index (χ3n) is 2.12. The van der Waals surface area contributed by atoms with E-state index in [0.29, 0.717) is 6.42 Å². The van der Waals surface area contributed by atoms with Crippen molar-refractivity contribution in [3.8, 4) is 17.6 Å². The summed E-state index contributed by atoms with van der Waals surface area (Å²) < 4.78 is 5.16. The largest absolute Gasteiger partial charge is 0.507 e. The molecular weight excluding hydrogens is 216 g/mol. The lowest BCUT2D eigenvalue weighted by Gasteiger charge is -2.10. The Balaban J connectivity index is 2.58. The first-order chi connectivity index (χ1) is 8.15. The molecule has 0 aliphatic heterocycles. The molecular formula is C14H16O3. The van der Waals surface area contributed by atoms with Crippen LogP contribution in [0.1, 0.15) is 37.0 Å². The minimum atomic E-state index is -0.520. The summed E-state index contributed by atoms with van der Waals surface area (Å²) in [5.74, 6) is 5.24. The van der Waals surface area contributed by atoms with Gasteiger partial charge in [0.15, 0.2) is 0 Å². The van der Waals surface area contributed by atoms with Crippen molar-refractivity contribution in [3.05, 3.63) is 29.8 Å². The van der Waals surface area contributed by atoms with Crippen molar-refractivity contribution in [3.63, 3.8) is 0 Å². The van der Waals surface area contributed by atoms with Crippen molar-refractivity contribution in [2.75, 3.05) is 0 Å². The van der Waals surface area contributed by atoms with E-state index in [9.17, 15) is 9.90 Å². The van der Waals surface area contributed by atoms with Crippen molar-refractivity contribution in [2.24, 2.45) is 0 Å². The van der Waals surface area contributed by atoms with E-state index in [2.05, 4.69) is 11.8 Å². The molecule has 1 aromatic carbocycles. The highest BCUT2D eigenvalue weighted by Crippen LogP contribution is 2.17. The fourth-order valence-electron chi connectivity index (χ4n) is 1.28. The summed E-state index contributed by atoms with van der Waals surface area (Å²) in [6.07, 6.45) is 1.02. The Morgan fingerprint density at radius 3 is 2.76 bits per heavy atom. The number of carbonyl (C=O) groups is 1. The zero-order valence-electron chi connectivity index (χ0n) is 10.1. The molecule has 0 bridgehead atoms. The van der Waals surface area contributed by atoms with Gasteiger partial charge in [0.05, 0.1) is 0 Å². The number of para-hydroxylation sites is 1. The topological polar surface area (TPSA) is 46.5 Å². The second kappa shape index (κ2) is 6.59. The molecule has 0 radical (unpaired) electrons. The van der Waals surface area contributed by atoms with Crippen LogP contribution in [0.15, 0.2) is 24.3 Å². The second-order valence-corrected chi connectivity index (χ2v) is 3.64. The molecule has 1 N–H and O–H groups in total. The van der Waals surface area contributed by atoms with Crippen LogP contribution in [0.25, 0.3) is 0 Å². The van der Waals surface area contributed by atoms with Gasteiger partial charge < -0.3 is 9.84 Å². The number of phenols is 1. The Kier molecular flexibility index (Phi) is 5.09. The van der Waals surface area contributed by atoms with Gasteiger partial charge >= 0.3 is 5.97 Å². The summed E-state index contributed by atoms with van der Waals surface area (Å²) in [5, 5.41) is 9.48. The maximum atomic E-state index is 11.7. The number of carbonyl (C=O) groups excluding carboxylic acids is 1. The number of rotatable bonds is 3. The monoisotopic (exact) mass is 232 g/mol. The summed E-state index contributed by atoms with van der Waals surface area (Å²) in [7, 11) is 0. The predicted molar refractivity (Wildman–Crippen MR) is 65.7 cm³/mol. The minimum Gasteiger partial charge on any atom is -0.507 e. The Morgan fingerprint density at radius 2 is 2.12 bits per heavy atom. The maximum absolute atomic E-state index is 11.7. The molecule has 1 atom stereocenters. The van der Waals surface area contributed by atoms with E-state index in [4.69, 9.17) is 4.74 Å². The molecule has 1 unspecified atom stereocenters. The molecule has 1 rings (SSSR count). The molecule has 0 aliphatic carbocycles. The molecule has 90 valence electrons. The fourth-order valence-corrected chi connectivity index (χ4v) is 1.28. The van der Waals surface area contributed by atoms with Gasteiger partial charge in [-0.15, -0.1) is 5.92 Å². The molecule has 17 heavy (non-hydrogen) atoms. The van der Waals surface area contributed by atoms with Gasteiger partial charge in [0, 0.05) is 12.8 Å². The lowest BCUT2D eigenvalue weighted by Crippen LogP contribution is -2.14. The lowest BCUT2D eigenvalue weighted by atomic mass is 10.2. The number of phenolic OH excluding ortho intramolecular Hbond substituents is 1. The quantitative estimate of drug-likeness (QED) is 0.644. The molecule has 0 saturated heterocycles. The molecule has 3 nitrogen and oxygen atoms in total. The van der Waals surface area contributed by atoms with Crippen LogP contribution in [-0.4, -0.2) is 17.2 Å². The zero-order chi connectivity index (χ0) is 12.7. The van der Waals surface area contributed by atoms with Crippen LogP contribution in [0.3, 0.4) is 0 Å². The molecule has 0 amide bonds. The highest BCUT2D eigenvalue weighted by atomic mass is 16.5. The first kappa shape index (κ1) is 13.1. The fraction of sp³-hybridized carbons (Fsp3) is 0.357. The number of aromatic hydroxyl groups is 1. The smallest absolute Gasteiger partial charge is 0.342 e. The summed E-state index contributed by atoms with van der Waals surface area (Å²) in [5.41, 5.74) is 0.183. The van der Waals surface area contributed by atoms with E-state index in [1.165, 1.54) is 12.1 Å². The predicted octanol–water partition coefficient (Wildman–Crippen LogP) is 2.74. The van der Waals surface area contributed by atoms with Gasteiger partial charge in [-0.05, 0) is 19.1 Å². The molecule has 0 aliphatic rings. The van der Waals surface area contributed by atoms with Gasteiger partial charge in [-0.3, -0.25) is 0 Å². The summed E-state index contributed by atoms with van der Waals surface area (Å²) >= 11 is 0. The minimum absolute atomic E-state index is 0.0654. The average molecular weight is 232 g/mol. The molecule has 3 heteroatoms. The Bertz CT molecular complexity index is 440. The average Bonchev–Trinajstić information content (AvgIpc) is 2.29. The Labute approximate surface area is 101 Å². The number of esters is 1. The van der Waals surface area contributed by atoms with Crippen LogP contribution < -0.4 is 0 Å². The Morgan fingerprint density at radius 1 is 1.41 bits per heavy atom. The van der Waals surface area contributed by atoms with Gasteiger partial charge in [0.2, 0.25) is 0 Å². The highest BCUT2D eigenvalue weighted by Gasteiger charge is 2.14. The lowest BCUT2D eigenvalue weighted by molar-refractivity contribution is 0.0349. The van der Waals surface area contributed by atoms with Crippen molar-refractivity contribution < 1.29 is 14.6 Å². The van der Waals surface area contributed by atoms with Crippen LogP contribution >= 0.6 is 0 Å². The van der Waals surface area contributed by atoms with Crippen LogP contribution in [-0.2, 0) is 4.74 Å². The number of ether oxygens (including phenoxy) is 1. The van der Waals surface area contributed by atoms with E-state index in [0.717, 1.165) is 6.42 Å². The van der Waals surface area contributed by atoms with Gasteiger partial charge in [-0.1, -0.05) is 25.0 Å². The number of hydrogen-bond donors (Lipinski definition) is 1. The van der Waals surface area contributed by atoms with Crippen LogP contribution in [0, 0.1) is 11.8 Å². The maximum Gasteiger partial charge on any atom is 0.342 e. The molecule has 1 aromatic rings. The van der Waals surface area contributed by atoms with Crippen LogP contribution in [0.5, 0.6) is 5.75 Å². The van der Waals surface area contributed by atoms with Crippen molar-refractivity contribution in [1.29, 1.82) is 0 Å². The van der Waals surface area contributed by atoms with E-state index in [-0.39, 0.29) is 17.4 Å². The van der Waals surface area contributed by atoms with Gasteiger partial charge in [0.1, 0.15) is 17.4 Å². The standard InChI is InChI=1S/C14H16O3/c1-3-4-5-8-11(2)17-14(16)12-9-6-7-10-13(12)15/h6-7,9-11,15H,3,8H2,1-2H3. The molecule has 0 fully saturated rings. The molecule has 0 heterocycles. The second-order valence-electron chi connectivity index (χ2n) is 3.64. The summed E-state index contributed by atoms with van der Waals surface area (Å²) in [6, 6.07) is 6.32. The Hall–Kier alpha value is -1.95. The van der Waals surface area contributed by atoms with Gasteiger partial charge in [-0.25, -0.2) is 4.79 Å². The summed E-state index contributed by atoms with van der Waals surface area (Å²) in [4.78, 5) is 11.7. The number of hydrogen-bond acceptors (Lipinski definition) is 3. The van der Waals surface area contributed by atoms with E-state index in [1.807, 2.05) is 6.92 Å². The van der Waals surface area contributed by atoms with Gasteiger partial charge in [0.25, 0.3) is 0 Å². The zero-order valence-corrected chi connectivity index (χ0v) is 10.1. The molecule has 0 aromatic heterocycles. The van der Waals surface area contributed by atoms with E-state index >= 15 is 0 Å². The van der Waals surface area contributed by atoms with Crippen molar-refractivity contribution in [1.82, 2.24) is 0 Å². The third kappa shape index (κ3) is 4.20. The summed E-state index contributed by atoms with van der Waals surface area (Å²) in [6.45, 7) is 3.74. The first-order valence-electron chi connectivity index (χ1n) is 5.59. The number of benzene rings is 1.